The molecule has 0 heterocycles. The molecule has 0 saturated carbocycles. The number of benzene rings is 1. The first-order chi connectivity index (χ1) is 9.13. The average Bonchev–Trinajstić information content (AvgIpc) is 2.30. The number of rotatable bonds is 6. The highest BCUT2D eigenvalue weighted by molar-refractivity contribution is 7.89. The Morgan fingerprint density at radius 1 is 1.40 bits per heavy atom. The van der Waals surface area contributed by atoms with Gasteiger partial charge in [-0.2, -0.15) is 4.72 Å². The summed E-state index contributed by atoms with van der Waals surface area (Å²) in [5.41, 5.74) is 0.184. The van der Waals surface area contributed by atoms with Gasteiger partial charge >= 0.3 is 5.97 Å². The van der Waals surface area contributed by atoms with Crippen molar-refractivity contribution in [3.05, 3.63) is 29.6 Å². The molecule has 0 aromatic heterocycles. The van der Waals surface area contributed by atoms with Gasteiger partial charge in [0.15, 0.2) is 0 Å². The summed E-state index contributed by atoms with van der Waals surface area (Å²) < 4.78 is 39.5. The molecule has 0 bridgehead atoms. The van der Waals surface area contributed by atoms with Gasteiger partial charge in [0.1, 0.15) is 11.9 Å². The van der Waals surface area contributed by atoms with E-state index in [1.807, 2.05) is 0 Å². The van der Waals surface area contributed by atoms with Crippen molar-refractivity contribution in [3.63, 3.8) is 0 Å². The highest BCUT2D eigenvalue weighted by Gasteiger charge is 2.26. The normalized spacial score (nSPS) is 13.4. The third kappa shape index (κ3) is 4.28. The van der Waals surface area contributed by atoms with Crippen LogP contribution in [0.5, 0.6) is 0 Å². The number of halogens is 1. The summed E-state index contributed by atoms with van der Waals surface area (Å²) in [6, 6.07) is 2.12. The molecule has 7 heteroatoms. The number of carbonyl (C=O) groups is 1. The van der Waals surface area contributed by atoms with Crippen molar-refractivity contribution in [2.24, 2.45) is 5.92 Å². The summed E-state index contributed by atoms with van der Waals surface area (Å²) in [4.78, 5) is 10.9. The standard InChI is InChI=1S/C13H18FNO4S/c1-8(2)6-12(13(16)17)15-20(18,19)10-4-5-11(14)9(3)7-10/h4-5,7-8,12,15H,6H2,1-3H3,(H,16,17). The van der Waals surface area contributed by atoms with Crippen LogP contribution in [-0.4, -0.2) is 25.5 Å². The molecule has 1 rings (SSSR count). The summed E-state index contributed by atoms with van der Waals surface area (Å²) in [6.45, 7) is 5.04. The Morgan fingerprint density at radius 3 is 2.45 bits per heavy atom. The first kappa shape index (κ1) is 16.6. The molecule has 2 N–H and O–H groups in total. The molecule has 0 fully saturated rings. The second-order valence-corrected chi connectivity index (χ2v) is 6.77. The van der Waals surface area contributed by atoms with Gasteiger partial charge in [0, 0.05) is 0 Å². The topological polar surface area (TPSA) is 83.5 Å². The zero-order valence-electron chi connectivity index (χ0n) is 11.6. The van der Waals surface area contributed by atoms with Crippen LogP contribution in [0.25, 0.3) is 0 Å². The largest absolute Gasteiger partial charge is 0.480 e. The minimum Gasteiger partial charge on any atom is -0.480 e. The summed E-state index contributed by atoms with van der Waals surface area (Å²) >= 11 is 0. The molecule has 1 aromatic rings. The van der Waals surface area contributed by atoms with Crippen molar-refractivity contribution < 1.29 is 22.7 Å². The number of aryl methyl sites for hydroxylation is 1. The van der Waals surface area contributed by atoms with Crippen LogP contribution in [0.2, 0.25) is 0 Å². The molecule has 0 aliphatic heterocycles. The molecule has 112 valence electrons. The molecule has 0 amide bonds. The number of nitrogens with one attached hydrogen (secondary N) is 1. The van der Waals surface area contributed by atoms with E-state index in [0.29, 0.717) is 0 Å². The monoisotopic (exact) mass is 303 g/mol. The van der Waals surface area contributed by atoms with E-state index >= 15 is 0 Å². The van der Waals surface area contributed by atoms with Crippen LogP contribution in [0.1, 0.15) is 25.8 Å². The summed E-state index contributed by atoms with van der Waals surface area (Å²) in [5.74, 6) is -1.73. The Kier molecular flexibility index (Phi) is 5.24. The lowest BCUT2D eigenvalue weighted by molar-refractivity contribution is -0.139. The van der Waals surface area contributed by atoms with Crippen molar-refractivity contribution in [1.82, 2.24) is 4.72 Å². The Balaban J connectivity index is 3.03. The summed E-state index contributed by atoms with van der Waals surface area (Å²) in [5, 5.41) is 9.04. The van der Waals surface area contributed by atoms with Crippen molar-refractivity contribution in [3.8, 4) is 0 Å². The minimum atomic E-state index is -3.99. The third-order valence-corrected chi connectivity index (χ3v) is 4.21. The molecule has 0 aliphatic carbocycles. The maximum Gasteiger partial charge on any atom is 0.321 e. The van der Waals surface area contributed by atoms with Crippen LogP contribution in [0.3, 0.4) is 0 Å². The molecular formula is C13H18FNO4S. The Hall–Kier alpha value is -1.47. The third-order valence-electron chi connectivity index (χ3n) is 2.74. The smallest absolute Gasteiger partial charge is 0.321 e. The van der Waals surface area contributed by atoms with E-state index in [4.69, 9.17) is 5.11 Å². The Labute approximate surface area is 117 Å². The van der Waals surface area contributed by atoms with E-state index in [0.717, 1.165) is 12.1 Å². The maximum absolute atomic E-state index is 13.1. The van der Waals surface area contributed by atoms with Gasteiger partial charge in [-0.1, -0.05) is 13.8 Å². The van der Waals surface area contributed by atoms with Crippen molar-refractivity contribution in [2.75, 3.05) is 0 Å². The van der Waals surface area contributed by atoms with E-state index in [-0.39, 0.29) is 22.8 Å². The van der Waals surface area contributed by atoms with Crippen molar-refractivity contribution in [1.29, 1.82) is 0 Å². The zero-order chi connectivity index (χ0) is 15.5. The van der Waals surface area contributed by atoms with Gasteiger partial charge in [-0.3, -0.25) is 4.79 Å². The van der Waals surface area contributed by atoms with E-state index in [9.17, 15) is 17.6 Å². The molecule has 5 nitrogen and oxygen atoms in total. The molecule has 0 spiro atoms. The molecule has 0 aliphatic rings. The molecule has 20 heavy (non-hydrogen) atoms. The van der Waals surface area contributed by atoms with E-state index < -0.39 is 27.9 Å². The SMILES string of the molecule is Cc1cc(S(=O)(=O)NC(CC(C)C)C(=O)O)ccc1F. The summed E-state index contributed by atoms with van der Waals surface area (Å²) in [7, 11) is -3.99. The van der Waals surface area contributed by atoms with Gasteiger partial charge in [-0.15, -0.1) is 0 Å². The zero-order valence-corrected chi connectivity index (χ0v) is 12.4. The molecular weight excluding hydrogens is 285 g/mol. The quantitative estimate of drug-likeness (QED) is 0.841. The predicted octanol–water partition coefficient (Wildman–Crippen LogP) is 1.91. The predicted molar refractivity (Wildman–Crippen MR) is 72.3 cm³/mol. The van der Waals surface area contributed by atoms with E-state index in [1.165, 1.54) is 13.0 Å². The van der Waals surface area contributed by atoms with Crippen molar-refractivity contribution >= 4 is 16.0 Å². The fourth-order valence-electron chi connectivity index (χ4n) is 1.71. The molecule has 0 radical (unpaired) electrons. The number of carboxylic acids is 1. The highest BCUT2D eigenvalue weighted by atomic mass is 32.2. The molecule has 1 atom stereocenters. The van der Waals surface area contributed by atoms with E-state index in [2.05, 4.69) is 4.72 Å². The van der Waals surface area contributed by atoms with Crippen LogP contribution in [-0.2, 0) is 14.8 Å². The van der Waals surface area contributed by atoms with Gasteiger partial charge in [0.05, 0.1) is 4.90 Å². The number of aliphatic carboxylic acids is 1. The second-order valence-electron chi connectivity index (χ2n) is 5.05. The number of hydrogen-bond donors (Lipinski definition) is 2. The van der Waals surface area contributed by atoms with Gasteiger partial charge in [-0.25, -0.2) is 12.8 Å². The Morgan fingerprint density at radius 2 is 2.00 bits per heavy atom. The first-order valence-corrected chi connectivity index (χ1v) is 7.63. The number of hydrogen-bond acceptors (Lipinski definition) is 3. The highest BCUT2D eigenvalue weighted by Crippen LogP contribution is 2.16. The van der Waals surface area contributed by atoms with Crippen LogP contribution < -0.4 is 4.72 Å². The lowest BCUT2D eigenvalue weighted by Gasteiger charge is -2.16. The minimum absolute atomic E-state index is 0.0220. The number of sulfonamides is 1. The van der Waals surface area contributed by atoms with Crippen LogP contribution in [0, 0.1) is 18.7 Å². The molecule has 1 unspecified atom stereocenters. The van der Waals surface area contributed by atoms with Crippen LogP contribution in [0.4, 0.5) is 4.39 Å². The van der Waals surface area contributed by atoms with Crippen LogP contribution in [0.15, 0.2) is 23.1 Å². The van der Waals surface area contributed by atoms with Gasteiger partial charge in [0.25, 0.3) is 0 Å². The lowest BCUT2D eigenvalue weighted by atomic mass is 10.1. The first-order valence-electron chi connectivity index (χ1n) is 6.14. The lowest BCUT2D eigenvalue weighted by Crippen LogP contribution is -2.41. The fourth-order valence-corrected chi connectivity index (χ4v) is 3.00. The van der Waals surface area contributed by atoms with Gasteiger partial charge < -0.3 is 5.11 Å². The van der Waals surface area contributed by atoms with Gasteiger partial charge in [-0.05, 0) is 43.0 Å². The molecule has 1 aromatic carbocycles. The van der Waals surface area contributed by atoms with Crippen LogP contribution >= 0.6 is 0 Å². The van der Waals surface area contributed by atoms with Crippen molar-refractivity contribution in [2.45, 2.75) is 38.1 Å². The second kappa shape index (κ2) is 6.32. The maximum atomic E-state index is 13.1. The molecule has 0 saturated heterocycles. The summed E-state index contributed by atoms with van der Waals surface area (Å²) in [6.07, 6.45) is 0.175. The number of carboxylic acid groups (broad SMARTS) is 1. The Bertz CT molecular complexity index is 598. The van der Waals surface area contributed by atoms with Gasteiger partial charge in [0.2, 0.25) is 10.0 Å². The van der Waals surface area contributed by atoms with E-state index in [1.54, 1.807) is 13.8 Å². The fraction of sp³-hybridized carbons (Fsp3) is 0.462. The average molecular weight is 303 g/mol.